The van der Waals surface area contributed by atoms with Crippen LogP contribution in [-0.4, -0.2) is 17.0 Å². The summed E-state index contributed by atoms with van der Waals surface area (Å²) in [6.45, 7) is 1.27. The fourth-order valence-corrected chi connectivity index (χ4v) is 1.46. The molecule has 0 bridgehead atoms. The van der Waals surface area contributed by atoms with E-state index in [-0.39, 0.29) is 28.2 Å². The van der Waals surface area contributed by atoms with Crippen LogP contribution in [-0.2, 0) is 0 Å². The standard InChI is InChI=1S/C9H6ClNO4/c1-5(13)6-2-3-8(11(14)15)7(4-12)9(6)10/h2-4H,1H3. The van der Waals surface area contributed by atoms with E-state index < -0.39 is 10.6 Å². The predicted octanol–water partition coefficient (Wildman–Crippen LogP) is 2.26. The average molecular weight is 228 g/mol. The second-order valence-corrected chi connectivity index (χ2v) is 3.17. The molecule has 0 atom stereocenters. The van der Waals surface area contributed by atoms with E-state index in [0.717, 1.165) is 6.07 Å². The molecule has 0 amide bonds. The highest BCUT2D eigenvalue weighted by Gasteiger charge is 2.20. The van der Waals surface area contributed by atoms with Crippen molar-refractivity contribution in [2.45, 2.75) is 6.92 Å². The van der Waals surface area contributed by atoms with Crippen LogP contribution in [0.15, 0.2) is 12.1 Å². The molecule has 0 radical (unpaired) electrons. The van der Waals surface area contributed by atoms with Gasteiger partial charge in [0.25, 0.3) is 5.69 Å². The van der Waals surface area contributed by atoms with Crippen LogP contribution in [0.5, 0.6) is 0 Å². The van der Waals surface area contributed by atoms with Crippen molar-refractivity contribution in [3.05, 3.63) is 38.4 Å². The number of carbonyl (C=O) groups is 2. The van der Waals surface area contributed by atoms with E-state index >= 15 is 0 Å². The highest BCUT2D eigenvalue weighted by molar-refractivity contribution is 6.36. The highest BCUT2D eigenvalue weighted by Crippen LogP contribution is 2.28. The molecule has 0 aromatic heterocycles. The SMILES string of the molecule is CC(=O)c1ccc([N+](=O)[O-])c(C=O)c1Cl. The lowest BCUT2D eigenvalue weighted by Gasteiger charge is -2.02. The molecule has 1 aromatic carbocycles. The van der Waals surface area contributed by atoms with Gasteiger partial charge in [0.15, 0.2) is 12.1 Å². The predicted molar refractivity (Wildman–Crippen MR) is 53.5 cm³/mol. The molecule has 0 unspecified atom stereocenters. The van der Waals surface area contributed by atoms with Gasteiger partial charge in [-0.2, -0.15) is 0 Å². The summed E-state index contributed by atoms with van der Waals surface area (Å²) in [5, 5.41) is 10.3. The Kier molecular flexibility index (Phi) is 3.16. The maximum absolute atomic E-state index is 11.0. The van der Waals surface area contributed by atoms with Crippen LogP contribution < -0.4 is 0 Å². The zero-order valence-electron chi connectivity index (χ0n) is 7.69. The number of hydrogen-bond acceptors (Lipinski definition) is 4. The second kappa shape index (κ2) is 4.18. The molecule has 1 aromatic rings. The molecule has 15 heavy (non-hydrogen) atoms. The number of rotatable bonds is 3. The van der Waals surface area contributed by atoms with Gasteiger partial charge in [-0.1, -0.05) is 11.6 Å². The summed E-state index contributed by atoms with van der Waals surface area (Å²) in [7, 11) is 0. The van der Waals surface area contributed by atoms with E-state index in [9.17, 15) is 19.7 Å². The monoisotopic (exact) mass is 227 g/mol. The first-order chi connectivity index (χ1) is 6.99. The van der Waals surface area contributed by atoms with E-state index in [1.807, 2.05) is 0 Å². The molecule has 78 valence electrons. The van der Waals surface area contributed by atoms with Crippen LogP contribution in [0.3, 0.4) is 0 Å². The number of halogens is 1. The lowest BCUT2D eigenvalue weighted by atomic mass is 10.1. The largest absolute Gasteiger partial charge is 0.298 e. The van der Waals surface area contributed by atoms with Crippen LogP contribution in [0.25, 0.3) is 0 Å². The molecule has 0 aliphatic heterocycles. The molecule has 6 heteroatoms. The minimum absolute atomic E-state index is 0.101. The Morgan fingerprint density at radius 1 is 1.53 bits per heavy atom. The third-order valence-corrected chi connectivity index (χ3v) is 2.26. The smallest absolute Gasteiger partial charge is 0.281 e. The molecule has 0 aliphatic carbocycles. The van der Waals surface area contributed by atoms with Crippen molar-refractivity contribution in [1.29, 1.82) is 0 Å². The molecule has 0 spiro atoms. The van der Waals surface area contributed by atoms with Crippen LogP contribution in [0.1, 0.15) is 27.6 Å². The molecule has 0 heterocycles. The van der Waals surface area contributed by atoms with Crippen molar-refractivity contribution in [2.24, 2.45) is 0 Å². The molecule has 1 rings (SSSR count). The van der Waals surface area contributed by atoms with Crippen molar-refractivity contribution < 1.29 is 14.5 Å². The van der Waals surface area contributed by atoms with Gasteiger partial charge in [-0.15, -0.1) is 0 Å². The van der Waals surface area contributed by atoms with Crippen molar-refractivity contribution >= 4 is 29.4 Å². The number of nitro groups is 1. The van der Waals surface area contributed by atoms with Crippen LogP contribution in [0.4, 0.5) is 5.69 Å². The molecule has 0 fully saturated rings. The third kappa shape index (κ3) is 2.02. The maximum Gasteiger partial charge on any atom is 0.281 e. The van der Waals surface area contributed by atoms with Gasteiger partial charge < -0.3 is 0 Å². The lowest BCUT2D eigenvalue weighted by Crippen LogP contribution is -2.01. The van der Waals surface area contributed by atoms with Gasteiger partial charge >= 0.3 is 0 Å². The summed E-state index contributed by atoms with van der Waals surface area (Å²) in [5.74, 6) is -0.349. The van der Waals surface area contributed by atoms with E-state index in [4.69, 9.17) is 11.6 Å². The van der Waals surface area contributed by atoms with E-state index in [1.165, 1.54) is 13.0 Å². The third-order valence-electron chi connectivity index (χ3n) is 1.85. The summed E-state index contributed by atoms with van der Waals surface area (Å²) in [6.07, 6.45) is 0.271. The number of nitro benzene ring substituents is 1. The fourth-order valence-electron chi connectivity index (χ4n) is 1.13. The lowest BCUT2D eigenvalue weighted by molar-refractivity contribution is -0.385. The highest BCUT2D eigenvalue weighted by atomic mass is 35.5. The number of nitrogens with zero attached hydrogens (tertiary/aromatic N) is 1. The molecule has 0 saturated carbocycles. The Morgan fingerprint density at radius 3 is 2.53 bits per heavy atom. The van der Waals surface area contributed by atoms with E-state index in [0.29, 0.717) is 0 Å². The zero-order chi connectivity index (χ0) is 11.6. The van der Waals surface area contributed by atoms with Crippen molar-refractivity contribution in [3.8, 4) is 0 Å². The second-order valence-electron chi connectivity index (χ2n) is 2.79. The topological polar surface area (TPSA) is 77.3 Å². The Hall–Kier alpha value is -1.75. The van der Waals surface area contributed by atoms with Crippen molar-refractivity contribution in [3.63, 3.8) is 0 Å². The number of carbonyl (C=O) groups excluding carboxylic acids is 2. The number of ketones is 1. The van der Waals surface area contributed by atoms with Gasteiger partial charge in [0.1, 0.15) is 5.56 Å². The molecule has 0 aliphatic rings. The van der Waals surface area contributed by atoms with E-state index in [1.54, 1.807) is 0 Å². The van der Waals surface area contributed by atoms with Crippen molar-refractivity contribution in [2.75, 3.05) is 0 Å². The van der Waals surface area contributed by atoms with Gasteiger partial charge in [-0.05, 0) is 13.0 Å². The first-order valence-electron chi connectivity index (χ1n) is 3.92. The minimum atomic E-state index is -0.723. The van der Waals surface area contributed by atoms with Crippen LogP contribution in [0.2, 0.25) is 5.02 Å². The molecule has 0 saturated heterocycles. The van der Waals surface area contributed by atoms with Gasteiger partial charge in [0, 0.05) is 11.6 Å². The molecule has 0 N–H and O–H groups in total. The molecule has 5 nitrogen and oxygen atoms in total. The molecular formula is C9H6ClNO4. The number of benzene rings is 1. The Morgan fingerprint density at radius 2 is 2.13 bits per heavy atom. The summed E-state index contributed by atoms with van der Waals surface area (Å²) in [4.78, 5) is 31.5. The van der Waals surface area contributed by atoms with Crippen LogP contribution >= 0.6 is 11.6 Å². The van der Waals surface area contributed by atoms with Gasteiger partial charge in [-0.25, -0.2) is 0 Å². The Balaban J connectivity index is 3.52. The first-order valence-corrected chi connectivity index (χ1v) is 4.29. The van der Waals surface area contributed by atoms with Crippen molar-refractivity contribution in [1.82, 2.24) is 0 Å². The first kappa shape index (κ1) is 11.3. The Bertz CT molecular complexity index is 456. The average Bonchev–Trinajstić information content (AvgIpc) is 2.16. The quantitative estimate of drug-likeness (QED) is 0.343. The number of Topliss-reactive ketones (excluding diaryl/α,β-unsaturated/α-hetero) is 1. The van der Waals surface area contributed by atoms with Crippen LogP contribution in [0, 0.1) is 10.1 Å². The van der Waals surface area contributed by atoms with Gasteiger partial charge in [0.05, 0.1) is 9.95 Å². The minimum Gasteiger partial charge on any atom is -0.298 e. The van der Waals surface area contributed by atoms with Gasteiger partial charge in [0.2, 0.25) is 0 Å². The fraction of sp³-hybridized carbons (Fsp3) is 0.111. The Labute approximate surface area is 89.8 Å². The molecular weight excluding hydrogens is 222 g/mol. The number of hydrogen-bond donors (Lipinski definition) is 0. The number of aldehydes is 1. The summed E-state index contributed by atoms with van der Waals surface area (Å²) >= 11 is 5.70. The zero-order valence-corrected chi connectivity index (χ0v) is 8.45. The summed E-state index contributed by atoms with van der Waals surface area (Å²) in [6, 6.07) is 2.32. The van der Waals surface area contributed by atoms with Gasteiger partial charge in [-0.3, -0.25) is 19.7 Å². The summed E-state index contributed by atoms with van der Waals surface area (Å²) < 4.78 is 0. The maximum atomic E-state index is 11.0. The summed E-state index contributed by atoms with van der Waals surface area (Å²) in [5.41, 5.74) is -0.571. The van der Waals surface area contributed by atoms with E-state index in [2.05, 4.69) is 0 Å². The normalized spacial score (nSPS) is 9.73.